The highest BCUT2D eigenvalue weighted by atomic mass is 35.5. The first-order valence-electron chi connectivity index (χ1n) is 12.7. The molecule has 0 atom stereocenters. The monoisotopic (exact) mass is 564 g/mol. The van der Waals surface area contributed by atoms with Crippen LogP contribution in [0.3, 0.4) is 0 Å². The van der Waals surface area contributed by atoms with E-state index in [0.717, 1.165) is 21.9 Å². The maximum Gasteiger partial charge on any atom is 0.307 e. The topological polar surface area (TPSA) is 87.2 Å². The van der Waals surface area contributed by atoms with Crippen molar-refractivity contribution in [3.05, 3.63) is 107 Å². The Labute approximate surface area is 233 Å². The fraction of sp³-hybridized carbons (Fsp3) is 0.233. The SMILES string of the molecule is O=C(O)Cc1ccc(OCc2ccc(Cl)cc2)c(CN2CCN(S(=O)(=O)c3cccc4ccccc34)CC2)c1. The first-order chi connectivity index (χ1) is 18.8. The molecule has 4 aromatic carbocycles. The molecule has 4 aromatic rings. The molecule has 7 nitrogen and oxygen atoms in total. The van der Waals surface area contributed by atoms with E-state index >= 15 is 0 Å². The number of carboxylic acid groups (broad SMARTS) is 1. The van der Waals surface area contributed by atoms with Crippen molar-refractivity contribution in [2.45, 2.75) is 24.5 Å². The van der Waals surface area contributed by atoms with Crippen molar-refractivity contribution in [3.63, 3.8) is 0 Å². The number of ether oxygens (including phenoxy) is 1. The number of halogens is 1. The number of sulfonamides is 1. The van der Waals surface area contributed by atoms with Gasteiger partial charge in [-0.1, -0.05) is 72.3 Å². The van der Waals surface area contributed by atoms with Crippen molar-refractivity contribution in [2.75, 3.05) is 26.2 Å². The molecule has 1 fully saturated rings. The highest BCUT2D eigenvalue weighted by molar-refractivity contribution is 7.89. The summed E-state index contributed by atoms with van der Waals surface area (Å²) in [5.41, 5.74) is 2.52. The van der Waals surface area contributed by atoms with Gasteiger partial charge in [-0.05, 0) is 40.8 Å². The molecule has 1 heterocycles. The summed E-state index contributed by atoms with van der Waals surface area (Å²) >= 11 is 5.98. The van der Waals surface area contributed by atoms with E-state index in [9.17, 15) is 18.3 Å². The third-order valence-electron chi connectivity index (χ3n) is 6.88. The van der Waals surface area contributed by atoms with Crippen LogP contribution in [-0.2, 0) is 34.4 Å². The van der Waals surface area contributed by atoms with Gasteiger partial charge in [0.2, 0.25) is 10.0 Å². The number of hydrogen-bond acceptors (Lipinski definition) is 5. The second kappa shape index (κ2) is 11.8. The fourth-order valence-corrected chi connectivity index (χ4v) is 6.61. The lowest BCUT2D eigenvalue weighted by Gasteiger charge is -2.34. The number of carboxylic acids is 1. The molecule has 0 aromatic heterocycles. The molecule has 0 unspecified atom stereocenters. The molecule has 0 bridgehead atoms. The Morgan fingerprint density at radius 1 is 0.872 bits per heavy atom. The minimum Gasteiger partial charge on any atom is -0.489 e. The van der Waals surface area contributed by atoms with Gasteiger partial charge in [-0.15, -0.1) is 0 Å². The number of carbonyl (C=O) groups is 1. The van der Waals surface area contributed by atoms with Crippen LogP contribution in [-0.4, -0.2) is 54.9 Å². The van der Waals surface area contributed by atoms with Gasteiger partial charge >= 0.3 is 5.97 Å². The van der Waals surface area contributed by atoms with Crippen LogP contribution in [0.25, 0.3) is 10.8 Å². The van der Waals surface area contributed by atoms with Gasteiger partial charge in [0.05, 0.1) is 11.3 Å². The van der Waals surface area contributed by atoms with E-state index in [2.05, 4.69) is 4.90 Å². The summed E-state index contributed by atoms with van der Waals surface area (Å²) in [5.74, 6) is -0.229. The van der Waals surface area contributed by atoms with E-state index in [1.807, 2.05) is 66.7 Å². The van der Waals surface area contributed by atoms with Crippen molar-refractivity contribution in [1.29, 1.82) is 0 Å². The molecular weight excluding hydrogens is 536 g/mol. The van der Waals surface area contributed by atoms with E-state index < -0.39 is 16.0 Å². The number of fused-ring (bicyclic) bond motifs is 1. The van der Waals surface area contributed by atoms with Gasteiger partial charge in [0, 0.05) is 48.7 Å². The third kappa shape index (κ3) is 6.42. The van der Waals surface area contributed by atoms with Gasteiger partial charge in [0.25, 0.3) is 0 Å². The molecule has 0 amide bonds. The Kier molecular flexibility index (Phi) is 8.18. The Hall–Kier alpha value is -3.43. The van der Waals surface area contributed by atoms with Gasteiger partial charge in [0.1, 0.15) is 12.4 Å². The maximum atomic E-state index is 13.5. The van der Waals surface area contributed by atoms with E-state index in [-0.39, 0.29) is 6.42 Å². The molecule has 1 aliphatic rings. The summed E-state index contributed by atoms with van der Waals surface area (Å²) in [6.45, 7) is 2.68. The van der Waals surface area contributed by atoms with Gasteiger partial charge in [-0.25, -0.2) is 8.42 Å². The number of nitrogens with zero attached hydrogens (tertiary/aromatic N) is 2. The number of rotatable bonds is 9. The van der Waals surface area contributed by atoms with Crippen molar-refractivity contribution in [3.8, 4) is 5.75 Å². The van der Waals surface area contributed by atoms with Crippen LogP contribution >= 0.6 is 11.6 Å². The molecule has 0 radical (unpaired) electrons. The summed E-state index contributed by atoms with van der Waals surface area (Å²) in [6, 6.07) is 25.7. The van der Waals surface area contributed by atoms with Crippen molar-refractivity contribution >= 4 is 38.4 Å². The summed E-state index contributed by atoms with van der Waals surface area (Å²) in [4.78, 5) is 13.8. The molecule has 1 aliphatic heterocycles. The Bertz CT molecular complexity index is 1580. The lowest BCUT2D eigenvalue weighted by molar-refractivity contribution is -0.136. The smallest absolute Gasteiger partial charge is 0.307 e. The van der Waals surface area contributed by atoms with Crippen LogP contribution in [0.1, 0.15) is 16.7 Å². The van der Waals surface area contributed by atoms with Gasteiger partial charge in [0.15, 0.2) is 0 Å². The highest BCUT2D eigenvalue weighted by Crippen LogP contribution is 2.28. The second-order valence-electron chi connectivity index (χ2n) is 9.59. The Morgan fingerprint density at radius 3 is 2.31 bits per heavy atom. The van der Waals surface area contributed by atoms with Crippen molar-refractivity contribution in [2.24, 2.45) is 0 Å². The molecule has 0 spiro atoms. The van der Waals surface area contributed by atoms with Gasteiger partial charge < -0.3 is 9.84 Å². The average Bonchev–Trinajstić information content (AvgIpc) is 2.93. The van der Waals surface area contributed by atoms with Gasteiger partial charge in [-0.2, -0.15) is 4.31 Å². The Balaban J connectivity index is 1.30. The van der Waals surface area contributed by atoms with Crippen LogP contribution < -0.4 is 4.74 Å². The average molecular weight is 565 g/mol. The molecule has 202 valence electrons. The zero-order chi connectivity index (χ0) is 27.4. The summed E-state index contributed by atoms with van der Waals surface area (Å²) in [5, 5.41) is 11.5. The molecule has 5 rings (SSSR count). The fourth-order valence-electron chi connectivity index (χ4n) is 4.85. The van der Waals surface area contributed by atoms with E-state index in [1.165, 1.54) is 0 Å². The Morgan fingerprint density at radius 2 is 1.56 bits per heavy atom. The minimum absolute atomic E-state index is 0.0818. The standard InChI is InChI=1S/C30H29ClN2O5S/c31-26-11-8-22(9-12-26)21-38-28-13-10-23(19-30(34)35)18-25(28)20-32-14-16-33(17-15-32)39(36,37)29-7-3-5-24-4-1-2-6-27(24)29/h1-13,18H,14-17,19-21H2,(H,34,35). The molecule has 39 heavy (non-hydrogen) atoms. The van der Waals surface area contributed by atoms with E-state index in [1.54, 1.807) is 22.5 Å². The first-order valence-corrected chi connectivity index (χ1v) is 14.5. The first kappa shape index (κ1) is 27.1. The van der Waals surface area contributed by atoms with Crippen LogP contribution in [0.2, 0.25) is 5.02 Å². The largest absolute Gasteiger partial charge is 0.489 e. The third-order valence-corrected chi connectivity index (χ3v) is 9.09. The molecule has 1 N–H and O–H groups in total. The van der Waals surface area contributed by atoms with Crippen LogP contribution in [0.15, 0.2) is 89.8 Å². The lowest BCUT2D eigenvalue weighted by Crippen LogP contribution is -2.48. The van der Waals surface area contributed by atoms with E-state index in [0.29, 0.717) is 60.6 Å². The molecule has 0 saturated carbocycles. The highest BCUT2D eigenvalue weighted by Gasteiger charge is 2.30. The van der Waals surface area contributed by atoms with Crippen LogP contribution in [0.4, 0.5) is 0 Å². The quantitative estimate of drug-likeness (QED) is 0.300. The molecule has 9 heteroatoms. The zero-order valence-corrected chi connectivity index (χ0v) is 22.9. The van der Waals surface area contributed by atoms with Crippen molar-refractivity contribution in [1.82, 2.24) is 9.21 Å². The summed E-state index contributed by atoms with van der Waals surface area (Å²) < 4.78 is 34.7. The summed E-state index contributed by atoms with van der Waals surface area (Å²) in [7, 11) is -3.65. The normalized spacial score (nSPS) is 14.9. The number of benzene rings is 4. The number of hydrogen-bond donors (Lipinski definition) is 1. The predicted molar refractivity (Wildman–Crippen MR) is 152 cm³/mol. The predicted octanol–water partition coefficient (Wildman–Crippen LogP) is 5.21. The summed E-state index contributed by atoms with van der Waals surface area (Å²) in [6.07, 6.45) is -0.0818. The van der Waals surface area contributed by atoms with Gasteiger partial charge in [-0.3, -0.25) is 9.69 Å². The zero-order valence-electron chi connectivity index (χ0n) is 21.3. The maximum absolute atomic E-state index is 13.5. The lowest BCUT2D eigenvalue weighted by atomic mass is 10.1. The van der Waals surface area contributed by atoms with E-state index in [4.69, 9.17) is 16.3 Å². The second-order valence-corrected chi connectivity index (χ2v) is 11.9. The number of piperazine rings is 1. The number of aliphatic carboxylic acids is 1. The molecule has 0 aliphatic carbocycles. The molecule has 1 saturated heterocycles. The minimum atomic E-state index is -3.65. The van der Waals surface area contributed by atoms with Crippen LogP contribution in [0, 0.1) is 0 Å². The van der Waals surface area contributed by atoms with Crippen molar-refractivity contribution < 1.29 is 23.1 Å². The molecular formula is C30H29ClN2O5S. The van der Waals surface area contributed by atoms with Crippen LogP contribution in [0.5, 0.6) is 5.75 Å².